The molecule has 0 aliphatic carbocycles. The zero-order chi connectivity index (χ0) is 22.8. The van der Waals surface area contributed by atoms with Gasteiger partial charge in [-0.05, 0) is 80.0 Å². The molecular weight excluding hydrogens is 662 g/mol. The Morgan fingerprint density at radius 1 is 1.13 bits per heavy atom. The molecule has 0 heterocycles. The Morgan fingerprint density at radius 2 is 1.70 bits per heavy atom. The first-order valence-corrected chi connectivity index (χ1v) is 11.2. The molecule has 0 saturated carbocycles. The fourth-order valence-electron chi connectivity index (χ4n) is 2.08. The number of allylic oxidation sites excluding steroid dienone is 1. The molecular formula is C17H10F4I2O6S. The van der Waals surface area contributed by atoms with Crippen LogP contribution in [0.2, 0.25) is 0 Å². The van der Waals surface area contributed by atoms with Crippen LogP contribution in [0.5, 0.6) is 11.5 Å². The maximum atomic E-state index is 14.2. The highest BCUT2D eigenvalue weighted by molar-refractivity contribution is 14.1. The summed E-state index contributed by atoms with van der Waals surface area (Å²) < 4.78 is 98.4. The molecule has 13 heteroatoms. The maximum absolute atomic E-state index is 14.2. The van der Waals surface area contributed by atoms with Gasteiger partial charge in [0, 0.05) is 3.57 Å². The molecule has 0 spiro atoms. The highest BCUT2D eigenvalue weighted by Crippen LogP contribution is 2.36. The van der Waals surface area contributed by atoms with E-state index in [-0.39, 0.29) is 12.2 Å². The summed E-state index contributed by atoms with van der Waals surface area (Å²) in [6.07, 6.45) is 1.57. The number of carbonyl (C=O) groups is 1. The lowest BCUT2D eigenvalue weighted by Crippen LogP contribution is -2.12. The summed E-state index contributed by atoms with van der Waals surface area (Å²) >= 11 is 3.81. The Hall–Kier alpha value is -1.46. The van der Waals surface area contributed by atoms with Crippen LogP contribution >= 0.6 is 45.2 Å². The number of rotatable bonds is 6. The second kappa shape index (κ2) is 9.78. The molecule has 0 fully saturated rings. The predicted octanol–water partition coefficient (Wildman–Crippen LogP) is 5.38. The average molecular weight is 672 g/mol. The summed E-state index contributed by atoms with van der Waals surface area (Å²) in [7, 11) is -5.61. The van der Waals surface area contributed by atoms with Gasteiger partial charge in [-0.3, -0.25) is 4.55 Å². The molecule has 0 radical (unpaired) electrons. The SMILES string of the molecule is C/C(I)=C/COC(=O)c1cc(I)ccc1Oc1c(F)c(F)c(S(=O)(=O)O)c(F)c1F. The first-order valence-electron chi connectivity index (χ1n) is 7.64. The molecule has 30 heavy (non-hydrogen) atoms. The summed E-state index contributed by atoms with van der Waals surface area (Å²) in [5, 5.41) is 0. The topological polar surface area (TPSA) is 89.9 Å². The van der Waals surface area contributed by atoms with Gasteiger partial charge in [0.05, 0.1) is 0 Å². The minimum absolute atomic E-state index is 0.118. The lowest BCUT2D eigenvalue weighted by molar-refractivity contribution is 0.0546. The molecule has 0 aliphatic heterocycles. The van der Waals surface area contributed by atoms with Crippen molar-refractivity contribution in [3.8, 4) is 11.5 Å². The van der Waals surface area contributed by atoms with Gasteiger partial charge in [0.15, 0.2) is 16.5 Å². The van der Waals surface area contributed by atoms with Gasteiger partial charge >= 0.3 is 16.1 Å². The van der Waals surface area contributed by atoms with E-state index in [1.807, 2.05) is 45.2 Å². The van der Waals surface area contributed by atoms with Crippen molar-refractivity contribution in [3.63, 3.8) is 0 Å². The van der Waals surface area contributed by atoms with Crippen molar-refractivity contribution in [2.75, 3.05) is 6.61 Å². The number of hydrogen-bond donors (Lipinski definition) is 1. The third-order valence-electron chi connectivity index (χ3n) is 3.39. The smallest absolute Gasteiger partial charge is 0.342 e. The molecule has 162 valence electrons. The molecule has 1 N–H and O–H groups in total. The van der Waals surface area contributed by atoms with E-state index < -0.39 is 55.8 Å². The van der Waals surface area contributed by atoms with Crippen LogP contribution in [0.3, 0.4) is 0 Å². The normalized spacial score (nSPS) is 12.1. The van der Waals surface area contributed by atoms with Gasteiger partial charge in [0.25, 0.3) is 0 Å². The lowest BCUT2D eigenvalue weighted by Gasteiger charge is -2.14. The molecule has 0 aromatic heterocycles. The van der Waals surface area contributed by atoms with Gasteiger partial charge < -0.3 is 9.47 Å². The molecule has 0 bridgehead atoms. The van der Waals surface area contributed by atoms with Gasteiger partial charge in [-0.1, -0.05) is 0 Å². The van der Waals surface area contributed by atoms with Crippen molar-refractivity contribution in [2.45, 2.75) is 11.8 Å². The van der Waals surface area contributed by atoms with Gasteiger partial charge in [0.2, 0.25) is 17.4 Å². The van der Waals surface area contributed by atoms with Gasteiger partial charge in [-0.25, -0.2) is 13.6 Å². The summed E-state index contributed by atoms with van der Waals surface area (Å²) in [5.41, 5.74) is -0.306. The minimum atomic E-state index is -5.61. The quantitative estimate of drug-likeness (QED) is 0.146. The van der Waals surface area contributed by atoms with Crippen LogP contribution < -0.4 is 4.74 Å². The number of halogens is 6. The standard InChI is InChI=1S/C17H10F4I2O6S/c1-7(22)4-5-28-17(24)9-6-8(23)2-3-10(9)29-15-11(18)13(20)16(30(25,26)27)14(21)12(15)19/h2-4,6H,5H2,1H3,(H,25,26,27)/b7-4-. The summed E-state index contributed by atoms with van der Waals surface area (Å²) in [6.45, 7) is 1.63. The Bertz CT molecular complexity index is 1120. The average Bonchev–Trinajstić information content (AvgIpc) is 2.63. The first-order chi connectivity index (χ1) is 13.8. The second-order valence-corrected chi connectivity index (χ2v) is 9.83. The molecule has 2 aromatic carbocycles. The summed E-state index contributed by atoms with van der Waals surface area (Å²) in [5.74, 6) is -12.3. The van der Waals surface area contributed by atoms with Crippen LogP contribution in [0, 0.1) is 26.8 Å². The Labute approximate surface area is 195 Å². The van der Waals surface area contributed by atoms with Crippen LogP contribution in [-0.4, -0.2) is 25.5 Å². The fraction of sp³-hybridized carbons (Fsp3) is 0.118. The molecule has 0 amide bonds. The van der Waals surface area contributed by atoms with Crippen molar-refractivity contribution in [1.29, 1.82) is 0 Å². The Kier molecular flexibility index (Phi) is 8.09. The summed E-state index contributed by atoms with van der Waals surface area (Å²) in [4.78, 5) is 10.1. The zero-order valence-electron chi connectivity index (χ0n) is 14.7. The van der Waals surface area contributed by atoms with E-state index >= 15 is 0 Å². The number of carbonyl (C=O) groups excluding carboxylic acids is 1. The molecule has 6 nitrogen and oxygen atoms in total. The van der Waals surface area contributed by atoms with Crippen LogP contribution in [0.25, 0.3) is 0 Å². The van der Waals surface area contributed by atoms with E-state index in [9.17, 15) is 30.8 Å². The highest BCUT2D eigenvalue weighted by atomic mass is 127. The van der Waals surface area contributed by atoms with E-state index in [1.165, 1.54) is 12.1 Å². The summed E-state index contributed by atoms with van der Waals surface area (Å²) in [6, 6.07) is 3.72. The van der Waals surface area contributed by atoms with E-state index in [0.717, 1.165) is 9.65 Å². The first kappa shape index (κ1) is 24.8. The van der Waals surface area contributed by atoms with E-state index in [1.54, 1.807) is 13.0 Å². The van der Waals surface area contributed by atoms with Gasteiger partial charge in [0.1, 0.15) is 17.9 Å². The monoisotopic (exact) mass is 672 g/mol. The van der Waals surface area contributed by atoms with Crippen molar-refractivity contribution in [1.82, 2.24) is 0 Å². The fourth-order valence-corrected chi connectivity index (χ4v) is 3.38. The van der Waals surface area contributed by atoms with Crippen molar-refractivity contribution in [2.24, 2.45) is 0 Å². The molecule has 0 atom stereocenters. The third kappa shape index (κ3) is 5.61. The van der Waals surface area contributed by atoms with Crippen molar-refractivity contribution < 1.29 is 44.8 Å². The second-order valence-electron chi connectivity index (χ2n) is 5.52. The van der Waals surface area contributed by atoms with E-state index in [4.69, 9.17) is 14.0 Å². The highest BCUT2D eigenvalue weighted by Gasteiger charge is 2.34. The predicted molar refractivity (Wildman–Crippen MR) is 113 cm³/mol. The molecule has 2 rings (SSSR count). The number of esters is 1. The largest absolute Gasteiger partial charge is 0.458 e. The van der Waals surface area contributed by atoms with Crippen LogP contribution in [0.15, 0.2) is 32.8 Å². The van der Waals surface area contributed by atoms with Crippen molar-refractivity contribution >= 4 is 61.3 Å². The molecule has 0 aliphatic rings. The third-order valence-corrected chi connectivity index (χ3v) is 5.38. The molecule has 0 saturated heterocycles. The number of benzene rings is 2. The molecule has 2 aromatic rings. The van der Waals surface area contributed by atoms with Crippen LogP contribution in [-0.2, 0) is 14.9 Å². The van der Waals surface area contributed by atoms with Crippen LogP contribution in [0.4, 0.5) is 17.6 Å². The molecule has 0 unspecified atom stereocenters. The maximum Gasteiger partial charge on any atom is 0.342 e. The van der Waals surface area contributed by atoms with Crippen LogP contribution in [0.1, 0.15) is 17.3 Å². The van der Waals surface area contributed by atoms with Gasteiger partial charge in [-0.2, -0.15) is 17.2 Å². The minimum Gasteiger partial charge on any atom is -0.458 e. The zero-order valence-corrected chi connectivity index (χ0v) is 19.8. The van der Waals surface area contributed by atoms with E-state index in [0.29, 0.717) is 3.57 Å². The number of hydrogen-bond acceptors (Lipinski definition) is 5. The van der Waals surface area contributed by atoms with Crippen molar-refractivity contribution in [3.05, 3.63) is 60.3 Å². The van der Waals surface area contributed by atoms with Gasteiger partial charge in [-0.15, -0.1) is 0 Å². The Morgan fingerprint density at radius 3 is 2.20 bits per heavy atom. The Balaban J connectivity index is 2.54. The number of ether oxygens (including phenoxy) is 2. The lowest BCUT2D eigenvalue weighted by atomic mass is 10.2. The van der Waals surface area contributed by atoms with E-state index in [2.05, 4.69) is 0 Å².